The van der Waals surface area contributed by atoms with Crippen molar-refractivity contribution >= 4 is 0 Å². The lowest BCUT2D eigenvalue weighted by atomic mass is 9.96. The van der Waals surface area contributed by atoms with Crippen LogP contribution in [0.1, 0.15) is 58.6 Å². The van der Waals surface area contributed by atoms with Crippen LogP contribution in [0.4, 0.5) is 0 Å². The molecule has 1 nitrogen and oxygen atoms in total. The summed E-state index contributed by atoms with van der Waals surface area (Å²) >= 11 is 0. The zero-order valence-electron chi connectivity index (χ0n) is 11.4. The minimum absolute atomic E-state index is 0.718. The van der Waals surface area contributed by atoms with Gasteiger partial charge in [0.1, 0.15) is 0 Å². The SMILES string of the molecule is CCC.CCCc1ccc(C(C)(C)O)cc1. The Balaban J connectivity index is 0.000000673. The third-order valence-electron chi connectivity index (χ3n) is 2.20. The molecule has 0 aliphatic heterocycles. The van der Waals surface area contributed by atoms with E-state index in [4.69, 9.17) is 0 Å². The van der Waals surface area contributed by atoms with Gasteiger partial charge in [0, 0.05) is 0 Å². The maximum absolute atomic E-state index is 9.71. The van der Waals surface area contributed by atoms with Crippen LogP contribution in [0.2, 0.25) is 0 Å². The number of aryl methyl sites for hydroxylation is 1. The highest BCUT2D eigenvalue weighted by Gasteiger charge is 2.14. The lowest BCUT2D eigenvalue weighted by Gasteiger charge is -2.17. The van der Waals surface area contributed by atoms with E-state index in [0.29, 0.717) is 0 Å². The first-order valence-corrected chi connectivity index (χ1v) is 6.27. The molecule has 1 aromatic rings. The molecule has 0 aliphatic carbocycles. The molecule has 0 spiro atoms. The first kappa shape index (κ1) is 15.2. The Hall–Kier alpha value is -0.820. The summed E-state index contributed by atoms with van der Waals surface area (Å²) < 4.78 is 0. The quantitative estimate of drug-likeness (QED) is 0.809. The minimum atomic E-state index is -0.718. The van der Waals surface area contributed by atoms with E-state index >= 15 is 0 Å². The smallest absolute Gasteiger partial charge is 0.0840 e. The van der Waals surface area contributed by atoms with Gasteiger partial charge in [-0.2, -0.15) is 0 Å². The summed E-state index contributed by atoms with van der Waals surface area (Å²) in [6.45, 7) is 10.0. The summed E-state index contributed by atoms with van der Waals surface area (Å²) in [7, 11) is 0. The van der Waals surface area contributed by atoms with Crippen LogP contribution in [-0.4, -0.2) is 5.11 Å². The number of benzene rings is 1. The topological polar surface area (TPSA) is 20.2 Å². The average Bonchev–Trinajstić information content (AvgIpc) is 2.19. The summed E-state index contributed by atoms with van der Waals surface area (Å²) in [5.41, 5.74) is 1.60. The van der Waals surface area contributed by atoms with Crippen molar-refractivity contribution in [3.05, 3.63) is 35.4 Å². The third kappa shape index (κ3) is 5.92. The van der Waals surface area contributed by atoms with Gasteiger partial charge in [-0.25, -0.2) is 0 Å². The second-order valence-corrected chi connectivity index (χ2v) is 4.71. The van der Waals surface area contributed by atoms with Crippen LogP contribution in [-0.2, 0) is 12.0 Å². The fourth-order valence-electron chi connectivity index (χ4n) is 1.37. The highest BCUT2D eigenvalue weighted by Crippen LogP contribution is 2.19. The van der Waals surface area contributed by atoms with E-state index < -0.39 is 5.60 Å². The van der Waals surface area contributed by atoms with E-state index in [1.807, 2.05) is 26.0 Å². The molecule has 1 aromatic carbocycles. The number of rotatable bonds is 3. The fraction of sp³-hybridized carbons (Fsp3) is 0.600. The van der Waals surface area contributed by atoms with Crippen molar-refractivity contribution in [1.82, 2.24) is 0 Å². The molecular weight excluding hydrogens is 196 g/mol. The van der Waals surface area contributed by atoms with Gasteiger partial charge in [0.25, 0.3) is 0 Å². The standard InChI is InChI=1S/C12H18O.C3H8/c1-4-5-10-6-8-11(9-7-10)12(2,3)13;1-3-2/h6-9,13H,4-5H2,1-3H3;3H2,1-2H3. The van der Waals surface area contributed by atoms with Crippen LogP contribution in [0, 0.1) is 0 Å². The number of hydrogen-bond donors (Lipinski definition) is 1. The summed E-state index contributed by atoms with van der Waals surface area (Å²) in [6, 6.07) is 8.20. The Labute approximate surface area is 101 Å². The molecule has 0 saturated carbocycles. The highest BCUT2D eigenvalue weighted by atomic mass is 16.3. The zero-order valence-corrected chi connectivity index (χ0v) is 11.4. The van der Waals surface area contributed by atoms with Crippen molar-refractivity contribution in [1.29, 1.82) is 0 Å². The van der Waals surface area contributed by atoms with Crippen molar-refractivity contribution in [3.8, 4) is 0 Å². The van der Waals surface area contributed by atoms with Crippen molar-refractivity contribution in [2.45, 2.75) is 59.5 Å². The maximum Gasteiger partial charge on any atom is 0.0840 e. The highest BCUT2D eigenvalue weighted by molar-refractivity contribution is 5.26. The monoisotopic (exact) mass is 222 g/mol. The molecule has 92 valence electrons. The molecule has 0 amide bonds. The van der Waals surface area contributed by atoms with E-state index in [9.17, 15) is 5.11 Å². The van der Waals surface area contributed by atoms with Crippen LogP contribution >= 0.6 is 0 Å². The van der Waals surface area contributed by atoms with E-state index in [0.717, 1.165) is 12.0 Å². The largest absolute Gasteiger partial charge is 0.386 e. The third-order valence-corrected chi connectivity index (χ3v) is 2.20. The second kappa shape index (κ2) is 7.45. The van der Waals surface area contributed by atoms with Crippen molar-refractivity contribution < 1.29 is 5.11 Å². The average molecular weight is 222 g/mol. The molecule has 16 heavy (non-hydrogen) atoms. The molecule has 0 bridgehead atoms. The predicted molar refractivity (Wildman–Crippen MR) is 71.6 cm³/mol. The van der Waals surface area contributed by atoms with Gasteiger partial charge >= 0.3 is 0 Å². The Bertz CT molecular complexity index is 266. The molecular formula is C15H26O. The Kier molecular flexibility index (Phi) is 7.07. The summed E-state index contributed by atoms with van der Waals surface area (Å²) in [5, 5.41) is 9.71. The van der Waals surface area contributed by atoms with E-state index in [-0.39, 0.29) is 0 Å². The molecule has 0 saturated heterocycles. The fourth-order valence-corrected chi connectivity index (χ4v) is 1.37. The van der Waals surface area contributed by atoms with Gasteiger partial charge in [-0.1, -0.05) is 57.9 Å². The first-order chi connectivity index (χ1) is 7.45. The summed E-state index contributed by atoms with van der Waals surface area (Å²) in [6.07, 6.45) is 3.54. The molecule has 1 N–H and O–H groups in total. The minimum Gasteiger partial charge on any atom is -0.386 e. The maximum atomic E-state index is 9.71. The van der Waals surface area contributed by atoms with Gasteiger partial charge in [-0.3, -0.25) is 0 Å². The summed E-state index contributed by atoms with van der Waals surface area (Å²) in [5.74, 6) is 0. The Morgan fingerprint density at radius 3 is 1.75 bits per heavy atom. The van der Waals surface area contributed by atoms with Gasteiger partial charge in [0.15, 0.2) is 0 Å². The van der Waals surface area contributed by atoms with Crippen molar-refractivity contribution in [2.24, 2.45) is 0 Å². The normalized spacial score (nSPS) is 10.6. The van der Waals surface area contributed by atoms with Crippen LogP contribution < -0.4 is 0 Å². The van der Waals surface area contributed by atoms with Gasteiger partial charge in [0.05, 0.1) is 5.60 Å². The zero-order chi connectivity index (χ0) is 12.6. The predicted octanol–water partition coefficient (Wildman–Crippen LogP) is 4.28. The first-order valence-electron chi connectivity index (χ1n) is 6.27. The Morgan fingerprint density at radius 2 is 1.44 bits per heavy atom. The van der Waals surface area contributed by atoms with E-state index in [1.54, 1.807) is 0 Å². The molecule has 0 unspecified atom stereocenters. The van der Waals surface area contributed by atoms with E-state index in [1.165, 1.54) is 18.4 Å². The van der Waals surface area contributed by atoms with Crippen molar-refractivity contribution in [2.75, 3.05) is 0 Å². The second-order valence-electron chi connectivity index (χ2n) is 4.71. The Morgan fingerprint density at radius 1 is 1.00 bits per heavy atom. The molecule has 1 heteroatoms. The molecule has 0 atom stereocenters. The lowest BCUT2D eigenvalue weighted by molar-refractivity contribution is 0.0786. The number of hydrogen-bond acceptors (Lipinski definition) is 1. The molecule has 0 fully saturated rings. The number of aliphatic hydroxyl groups is 1. The van der Waals surface area contributed by atoms with Gasteiger partial charge in [0.2, 0.25) is 0 Å². The van der Waals surface area contributed by atoms with Crippen LogP contribution in [0.25, 0.3) is 0 Å². The summed E-state index contributed by atoms with van der Waals surface area (Å²) in [4.78, 5) is 0. The molecule has 0 aromatic heterocycles. The molecule has 0 aliphatic rings. The van der Waals surface area contributed by atoms with Gasteiger partial charge in [-0.05, 0) is 31.4 Å². The molecule has 1 rings (SSSR count). The van der Waals surface area contributed by atoms with Crippen LogP contribution in [0.3, 0.4) is 0 Å². The van der Waals surface area contributed by atoms with Crippen molar-refractivity contribution in [3.63, 3.8) is 0 Å². The lowest BCUT2D eigenvalue weighted by Crippen LogP contribution is -2.15. The van der Waals surface area contributed by atoms with E-state index in [2.05, 4.69) is 32.9 Å². The van der Waals surface area contributed by atoms with Gasteiger partial charge in [-0.15, -0.1) is 0 Å². The van der Waals surface area contributed by atoms with Gasteiger partial charge < -0.3 is 5.11 Å². The molecule has 0 heterocycles. The molecule has 0 radical (unpaired) electrons. The van der Waals surface area contributed by atoms with Crippen LogP contribution in [0.5, 0.6) is 0 Å². The van der Waals surface area contributed by atoms with Crippen LogP contribution in [0.15, 0.2) is 24.3 Å².